The third-order valence-electron chi connectivity index (χ3n) is 7.43. The van der Waals surface area contributed by atoms with Gasteiger partial charge < -0.3 is 23.1 Å². The van der Waals surface area contributed by atoms with Gasteiger partial charge >= 0.3 is 8.80 Å². The Morgan fingerprint density at radius 2 is 0.714 bits per heavy atom. The van der Waals surface area contributed by atoms with Gasteiger partial charge in [-0.25, -0.2) is 0 Å². The molecular weight excluding hydrogens is 536 g/mol. The lowest BCUT2D eigenvalue weighted by atomic mass is 10.1. The van der Waals surface area contributed by atoms with Crippen LogP contribution in [0.2, 0.25) is 0 Å². The Labute approximate surface area is 250 Å². The molecule has 5 aromatic rings. The fraction of sp³-hybridized carbons (Fsp3) is 0.167. The van der Waals surface area contributed by atoms with E-state index in [-0.39, 0.29) is 0 Å². The summed E-state index contributed by atoms with van der Waals surface area (Å²) in [5.74, 6) is 0. The number of hydrogen-bond acceptors (Lipinski definition) is 5. The van der Waals surface area contributed by atoms with Crippen molar-refractivity contribution >= 4 is 48.1 Å². The highest BCUT2D eigenvalue weighted by molar-refractivity contribution is 6.75. The standard InChI is InChI=1S/C36H38N2O3Si/c1-27-10-7-13-33(24-27)37(32-20-22-36(23-21-32)42(39-4,40-5)41-6)30-16-18-31(19-17-30)38(34-14-8-11-28(2)25-34)35-15-9-12-29(3)26-35/h7-26H,1-6H3. The molecule has 0 fully saturated rings. The van der Waals surface area contributed by atoms with Gasteiger partial charge in [-0.1, -0.05) is 48.5 Å². The van der Waals surface area contributed by atoms with Crippen LogP contribution in [0, 0.1) is 20.8 Å². The average Bonchev–Trinajstić information content (AvgIpc) is 3.00. The third kappa shape index (κ3) is 6.03. The molecule has 5 nitrogen and oxygen atoms in total. The van der Waals surface area contributed by atoms with Crippen molar-refractivity contribution < 1.29 is 13.3 Å². The number of anilines is 6. The van der Waals surface area contributed by atoms with Crippen LogP contribution in [0.4, 0.5) is 34.1 Å². The second-order valence-electron chi connectivity index (χ2n) is 10.4. The van der Waals surface area contributed by atoms with E-state index >= 15 is 0 Å². The number of rotatable bonds is 10. The topological polar surface area (TPSA) is 34.2 Å². The lowest BCUT2D eigenvalue weighted by Gasteiger charge is -2.29. The Balaban J connectivity index is 1.58. The molecule has 5 rings (SSSR count). The van der Waals surface area contributed by atoms with Crippen LogP contribution in [0.5, 0.6) is 0 Å². The molecule has 0 atom stereocenters. The fourth-order valence-corrected chi connectivity index (χ4v) is 7.15. The molecule has 5 aromatic carbocycles. The zero-order chi connectivity index (χ0) is 29.7. The maximum Gasteiger partial charge on any atom is 0.536 e. The summed E-state index contributed by atoms with van der Waals surface area (Å²) in [6.07, 6.45) is 0. The Kier molecular flexibility index (Phi) is 8.90. The van der Waals surface area contributed by atoms with Crippen LogP contribution in [-0.2, 0) is 13.3 Å². The van der Waals surface area contributed by atoms with Gasteiger partial charge in [-0.2, -0.15) is 0 Å². The van der Waals surface area contributed by atoms with Crippen molar-refractivity contribution in [3.8, 4) is 0 Å². The lowest BCUT2D eigenvalue weighted by molar-refractivity contribution is 0.140. The molecule has 0 spiro atoms. The van der Waals surface area contributed by atoms with Gasteiger partial charge in [0.05, 0.1) is 0 Å². The van der Waals surface area contributed by atoms with E-state index in [1.54, 1.807) is 21.3 Å². The predicted octanol–water partition coefficient (Wildman–Crippen LogP) is 8.64. The van der Waals surface area contributed by atoms with Gasteiger partial charge in [0.1, 0.15) is 0 Å². The molecule has 214 valence electrons. The van der Waals surface area contributed by atoms with Gasteiger partial charge in [-0.05, 0) is 110 Å². The Bertz CT molecular complexity index is 1580. The van der Waals surface area contributed by atoms with E-state index in [4.69, 9.17) is 13.3 Å². The molecule has 6 heteroatoms. The average molecular weight is 575 g/mol. The highest BCUT2D eigenvalue weighted by atomic mass is 28.4. The summed E-state index contributed by atoms with van der Waals surface area (Å²) in [6, 6.07) is 42.8. The first-order chi connectivity index (χ1) is 20.4. The highest BCUT2D eigenvalue weighted by Gasteiger charge is 2.40. The Morgan fingerprint density at radius 1 is 0.405 bits per heavy atom. The minimum atomic E-state index is -2.94. The minimum absolute atomic E-state index is 0.908. The van der Waals surface area contributed by atoms with E-state index < -0.39 is 8.80 Å². The highest BCUT2D eigenvalue weighted by Crippen LogP contribution is 2.39. The number of aryl methyl sites for hydroxylation is 3. The molecule has 42 heavy (non-hydrogen) atoms. The summed E-state index contributed by atoms with van der Waals surface area (Å²) in [5, 5.41) is 0.908. The van der Waals surface area contributed by atoms with Gasteiger partial charge in [0, 0.05) is 60.6 Å². The zero-order valence-electron chi connectivity index (χ0n) is 25.2. The van der Waals surface area contributed by atoms with E-state index in [1.165, 1.54) is 16.7 Å². The zero-order valence-corrected chi connectivity index (χ0v) is 26.2. The molecule has 0 aliphatic heterocycles. The molecule has 0 aliphatic carbocycles. The van der Waals surface area contributed by atoms with Crippen LogP contribution in [-0.4, -0.2) is 30.1 Å². The maximum atomic E-state index is 5.71. The monoisotopic (exact) mass is 574 g/mol. The van der Waals surface area contributed by atoms with Crippen molar-refractivity contribution in [2.45, 2.75) is 20.8 Å². The Hall–Kier alpha value is -4.20. The molecule has 0 aromatic heterocycles. The van der Waals surface area contributed by atoms with E-state index in [9.17, 15) is 0 Å². The molecule has 0 aliphatic rings. The number of hydrogen-bond donors (Lipinski definition) is 0. The van der Waals surface area contributed by atoms with Crippen LogP contribution < -0.4 is 15.0 Å². The Morgan fingerprint density at radius 3 is 1.02 bits per heavy atom. The summed E-state index contributed by atoms with van der Waals surface area (Å²) >= 11 is 0. The van der Waals surface area contributed by atoms with E-state index in [0.29, 0.717) is 0 Å². The van der Waals surface area contributed by atoms with Gasteiger partial charge in [-0.3, -0.25) is 0 Å². The molecule has 0 unspecified atom stereocenters. The summed E-state index contributed by atoms with van der Waals surface area (Å²) in [5.41, 5.74) is 10.1. The number of benzene rings is 5. The third-order valence-corrected chi connectivity index (χ3v) is 10.1. The first-order valence-electron chi connectivity index (χ1n) is 14.0. The van der Waals surface area contributed by atoms with Crippen LogP contribution in [0.15, 0.2) is 121 Å². The smallest absolute Gasteiger partial charge is 0.373 e. The first kappa shape index (κ1) is 29.3. The van der Waals surface area contributed by atoms with Crippen LogP contribution in [0.1, 0.15) is 16.7 Å². The van der Waals surface area contributed by atoms with Crippen molar-refractivity contribution in [2.24, 2.45) is 0 Å². The van der Waals surface area contributed by atoms with Crippen molar-refractivity contribution in [1.82, 2.24) is 0 Å². The van der Waals surface area contributed by atoms with Crippen LogP contribution >= 0.6 is 0 Å². The molecular formula is C36H38N2O3Si. The summed E-state index contributed by atoms with van der Waals surface area (Å²) in [6.45, 7) is 6.38. The van der Waals surface area contributed by atoms with E-state index in [0.717, 1.165) is 39.3 Å². The largest absolute Gasteiger partial charge is 0.536 e. The predicted molar refractivity (Wildman–Crippen MR) is 176 cm³/mol. The summed E-state index contributed by atoms with van der Waals surface area (Å²) in [4.78, 5) is 4.57. The quantitative estimate of drug-likeness (QED) is 0.156. The second-order valence-corrected chi connectivity index (χ2v) is 13.3. The molecule has 0 radical (unpaired) electrons. The van der Waals surface area contributed by atoms with Crippen molar-refractivity contribution in [3.05, 3.63) is 138 Å². The normalized spacial score (nSPS) is 11.4. The molecule has 0 heterocycles. The van der Waals surface area contributed by atoms with E-state index in [2.05, 4.69) is 140 Å². The fourth-order valence-electron chi connectivity index (χ4n) is 5.36. The maximum absolute atomic E-state index is 5.71. The molecule has 0 saturated heterocycles. The summed E-state index contributed by atoms with van der Waals surface area (Å²) in [7, 11) is 1.95. The molecule has 0 N–H and O–H groups in total. The van der Waals surface area contributed by atoms with Crippen molar-refractivity contribution in [2.75, 3.05) is 31.1 Å². The van der Waals surface area contributed by atoms with Crippen LogP contribution in [0.3, 0.4) is 0 Å². The molecule has 0 amide bonds. The van der Waals surface area contributed by atoms with Gasteiger partial charge in [-0.15, -0.1) is 0 Å². The minimum Gasteiger partial charge on any atom is -0.373 e. The van der Waals surface area contributed by atoms with Crippen molar-refractivity contribution in [3.63, 3.8) is 0 Å². The van der Waals surface area contributed by atoms with Crippen molar-refractivity contribution in [1.29, 1.82) is 0 Å². The van der Waals surface area contributed by atoms with Gasteiger partial charge in [0.25, 0.3) is 0 Å². The molecule has 0 bridgehead atoms. The van der Waals surface area contributed by atoms with Crippen LogP contribution in [0.25, 0.3) is 0 Å². The van der Waals surface area contributed by atoms with Gasteiger partial charge in [0.15, 0.2) is 0 Å². The SMILES string of the molecule is CO[Si](OC)(OC)c1ccc(N(c2ccc(N(c3cccc(C)c3)c3cccc(C)c3)cc2)c2cccc(C)c2)cc1. The second kappa shape index (κ2) is 12.8. The first-order valence-corrected chi connectivity index (χ1v) is 15.8. The summed E-state index contributed by atoms with van der Waals surface area (Å²) < 4.78 is 17.1. The van der Waals surface area contributed by atoms with Gasteiger partial charge in [0.2, 0.25) is 0 Å². The lowest BCUT2D eigenvalue weighted by Crippen LogP contribution is -2.54. The number of nitrogens with zero attached hydrogens (tertiary/aromatic N) is 2. The van der Waals surface area contributed by atoms with E-state index in [1.807, 2.05) is 12.1 Å². The molecule has 0 saturated carbocycles.